The van der Waals surface area contributed by atoms with E-state index in [1.54, 1.807) is 0 Å². The van der Waals surface area contributed by atoms with E-state index < -0.39 is 0 Å². The molecule has 0 aromatic carbocycles. The summed E-state index contributed by atoms with van der Waals surface area (Å²) < 4.78 is 2.06. The maximum atomic E-state index is 4.29. The fourth-order valence-electron chi connectivity index (χ4n) is 2.25. The highest BCUT2D eigenvalue weighted by molar-refractivity contribution is 4.79. The van der Waals surface area contributed by atoms with Gasteiger partial charge in [-0.15, -0.1) is 0 Å². The van der Waals surface area contributed by atoms with Gasteiger partial charge in [-0.2, -0.15) is 5.10 Å². The van der Waals surface area contributed by atoms with Crippen molar-refractivity contribution in [2.75, 3.05) is 0 Å². The van der Waals surface area contributed by atoms with Crippen LogP contribution in [-0.4, -0.2) is 9.78 Å². The summed E-state index contributed by atoms with van der Waals surface area (Å²) in [7, 11) is 0. The molecule has 0 aliphatic rings. The molecule has 0 aliphatic heterocycles. The van der Waals surface area contributed by atoms with Crippen LogP contribution in [0.3, 0.4) is 0 Å². The van der Waals surface area contributed by atoms with Crippen LogP contribution in [0, 0.1) is 17.8 Å². The van der Waals surface area contributed by atoms with Crippen molar-refractivity contribution in [1.29, 1.82) is 0 Å². The molecule has 0 spiro atoms. The first-order chi connectivity index (χ1) is 7.08. The monoisotopic (exact) mass is 208 g/mol. The minimum Gasteiger partial charge on any atom is -0.272 e. The van der Waals surface area contributed by atoms with Crippen LogP contribution in [0.15, 0.2) is 18.5 Å². The molecule has 2 heteroatoms. The van der Waals surface area contributed by atoms with Crippen molar-refractivity contribution in [1.82, 2.24) is 9.78 Å². The topological polar surface area (TPSA) is 17.8 Å². The number of hydrogen-bond acceptors (Lipinski definition) is 1. The van der Waals surface area contributed by atoms with Crippen molar-refractivity contribution in [2.24, 2.45) is 17.8 Å². The second-order valence-electron chi connectivity index (χ2n) is 5.35. The van der Waals surface area contributed by atoms with Gasteiger partial charge in [0, 0.05) is 18.9 Å². The standard InChI is InChI=1S/C13H24N2/c1-11(2)8-13(9-12(3)4)10-15-7-5-6-14-15/h5-7,11-13H,8-10H2,1-4H3. The molecule has 1 aromatic heterocycles. The minimum atomic E-state index is 0.768. The van der Waals surface area contributed by atoms with Gasteiger partial charge in [-0.1, -0.05) is 27.7 Å². The summed E-state index contributed by atoms with van der Waals surface area (Å²) in [5.74, 6) is 2.33. The molecule has 0 amide bonds. The molecule has 0 N–H and O–H groups in total. The minimum absolute atomic E-state index is 0.768. The van der Waals surface area contributed by atoms with Gasteiger partial charge in [0.25, 0.3) is 0 Å². The molecular formula is C13H24N2. The SMILES string of the molecule is CC(C)CC(CC(C)C)Cn1cccn1. The molecule has 0 fully saturated rings. The lowest BCUT2D eigenvalue weighted by Crippen LogP contribution is -2.15. The Bertz CT molecular complexity index is 240. The van der Waals surface area contributed by atoms with Crippen LogP contribution in [0.2, 0.25) is 0 Å². The summed E-state index contributed by atoms with van der Waals surface area (Å²) >= 11 is 0. The number of aromatic nitrogens is 2. The Kier molecular flexibility index (Phi) is 4.86. The molecule has 15 heavy (non-hydrogen) atoms. The van der Waals surface area contributed by atoms with E-state index in [1.165, 1.54) is 12.8 Å². The van der Waals surface area contributed by atoms with Gasteiger partial charge < -0.3 is 0 Å². The molecule has 1 rings (SSSR count). The number of rotatable bonds is 6. The first kappa shape index (κ1) is 12.3. The van der Waals surface area contributed by atoms with Crippen molar-refractivity contribution >= 4 is 0 Å². The lowest BCUT2D eigenvalue weighted by atomic mass is 9.89. The molecule has 0 aliphatic carbocycles. The summed E-state index contributed by atoms with van der Waals surface area (Å²) in [6, 6.07) is 2.00. The predicted octanol–water partition coefficient (Wildman–Crippen LogP) is 3.59. The third kappa shape index (κ3) is 5.01. The highest BCUT2D eigenvalue weighted by atomic mass is 15.3. The van der Waals surface area contributed by atoms with E-state index >= 15 is 0 Å². The smallest absolute Gasteiger partial charge is 0.0489 e. The van der Waals surface area contributed by atoms with Crippen LogP contribution >= 0.6 is 0 Å². The average Bonchev–Trinajstić information content (AvgIpc) is 2.53. The first-order valence-electron chi connectivity index (χ1n) is 6.05. The number of nitrogens with zero attached hydrogens (tertiary/aromatic N) is 2. The Morgan fingerprint density at radius 2 is 1.67 bits per heavy atom. The molecule has 2 nitrogen and oxygen atoms in total. The molecule has 0 atom stereocenters. The van der Waals surface area contributed by atoms with E-state index in [0.29, 0.717) is 0 Å². The van der Waals surface area contributed by atoms with Crippen molar-refractivity contribution < 1.29 is 0 Å². The molecule has 1 heterocycles. The fraction of sp³-hybridized carbons (Fsp3) is 0.769. The van der Waals surface area contributed by atoms with Crippen LogP contribution < -0.4 is 0 Å². The van der Waals surface area contributed by atoms with Gasteiger partial charge in [0.15, 0.2) is 0 Å². The molecule has 1 aromatic rings. The Morgan fingerprint density at radius 1 is 1.07 bits per heavy atom. The van der Waals surface area contributed by atoms with Crippen molar-refractivity contribution in [3.05, 3.63) is 18.5 Å². The Balaban J connectivity index is 2.48. The van der Waals surface area contributed by atoms with Crippen molar-refractivity contribution in [2.45, 2.75) is 47.1 Å². The Hall–Kier alpha value is -0.790. The molecular weight excluding hydrogens is 184 g/mol. The van der Waals surface area contributed by atoms with Crippen LogP contribution in [0.1, 0.15) is 40.5 Å². The highest BCUT2D eigenvalue weighted by Crippen LogP contribution is 2.21. The first-order valence-corrected chi connectivity index (χ1v) is 6.05. The van der Waals surface area contributed by atoms with Gasteiger partial charge in [-0.3, -0.25) is 4.68 Å². The summed E-state index contributed by atoms with van der Waals surface area (Å²) in [5.41, 5.74) is 0. The molecule has 86 valence electrons. The quantitative estimate of drug-likeness (QED) is 0.698. The Labute approximate surface area is 93.7 Å². The predicted molar refractivity (Wildman–Crippen MR) is 64.6 cm³/mol. The van der Waals surface area contributed by atoms with Gasteiger partial charge in [0.1, 0.15) is 0 Å². The summed E-state index contributed by atoms with van der Waals surface area (Å²) in [5, 5.41) is 4.29. The zero-order valence-corrected chi connectivity index (χ0v) is 10.5. The molecule has 0 radical (unpaired) electrons. The third-order valence-corrected chi connectivity index (χ3v) is 2.61. The van der Waals surface area contributed by atoms with Gasteiger partial charge in [0.05, 0.1) is 0 Å². The van der Waals surface area contributed by atoms with Crippen LogP contribution in [0.4, 0.5) is 0 Å². The van der Waals surface area contributed by atoms with Crippen LogP contribution in [0.5, 0.6) is 0 Å². The highest BCUT2D eigenvalue weighted by Gasteiger charge is 2.13. The van der Waals surface area contributed by atoms with E-state index in [2.05, 4.69) is 43.7 Å². The normalized spacial score (nSPS) is 11.9. The van der Waals surface area contributed by atoms with Gasteiger partial charge in [-0.05, 0) is 36.7 Å². The van der Waals surface area contributed by atoms with Gasteiger partial charge in [0.2, 0.25) is 0 Å². The van der Waals surface area contributed by atoms with Crippen LogP contribution in [0.25, 0.3) is 0 Å². The van der Waals surface area contributed by atoms with Crippen LogP contribution in [-0.2, 0) is 6.54 Å². The van der Waals surface area contributed by atoms with E-state index in [0.717, 1.165) is 24.3 Å². The average molecular weight is 208 g/mol. The number of hydrogen-bond donors (Lipinski definition) is 0. The fourth-order valence-corrected chi connectivity index (χ4v) is 2.25. The lowest BCUT2D eigenvalue weighted by molar-refractivity contribution is 0.296. The Morgan fingerprint density at radius 3 is 2.07 bits per heavy atom. The third-order valence-electron chi connectivity index (χ3n) is 2.61. The van der Waals surface area contributed by atoms with Gasteiger partial charge >= 0.3 is 0 Å². The second kappa shape index (κ2) is 5.94. The molecule has 0 saturated heterocycles. The van der Waals surface area contributed by atoms with E-state index in [9.17, 15) is 0 Å². The largest absolute Gasteiger partial charge is 0.272 e. The maximum absolute atomic E-state index is 4.29. The summed E-state index contributed by atoms with van der Waals surface area (Å²) in [6.45, 7) is 10.3. The molecule has 0 saturated carbocycles. The molecule has 0 unspecified atom stereocenters. The van der Waals surface area contributed by atoms with E-state index in [4.69, 9.17) is 0 Å². The lowest BCUT2D eigenvalue weighted by Gasteiger charge is -2.20. The zero-order chi connectivity index (χ0) is 11.3. The zero-order valence-electron chi connectivity index (χ0n) is 10.5. The second-order valence-corrected chi connectivity index (χ2v) is 5.35. The van der Waals surface area contributed by atoms with Crippen molar-refractivity contribution in [3.8, 4) is 0 Å². The van der Waals surface area contributed by atoms with E-state index in [-0.39, 0.29) is 0 Å². The maximum Gasteiger partial charge on any atom is 0.0489 e. The van der Waals surface area contributed by atoms with Crippen molar-refractivity contribution in [3.63, 3.8) is 0 Å². The molecule has 0 bridgehead atoms. The van der Waals surface area contributed by atoms with Gasteiger partial charge in [-0.25, -0.2) is 0 Å². The van der Waals surface area contributed by atoms with E-state index in [1.807, 2.05) is 12.3 Å². The summed E-state index contributed by atoms with van der Waals surface area (Å²) in [4.78, 5) is 0. The summed E-state index contributed by atoms with van der Waals surface area (Å²) in [6.07, 6.45) is 6.53.